The molecule has 3 nitrogen and oxygen atoms in total. The van der Waals surface area contributed by atoms with Crippen LogP contribution in [0.5, 0.6) is 5.75 Å². The lowest BCUT2D eigenvalue weighted by molar-refractivity contribution is -0.275. The van der Waals surface area contributed by atoms with Gasteiger partial charge >= 0.3 is 6.36 Å². The van der Waals surface area contributed by atoms with Gasteiger partial charge in [0.05, 0.1) is 13.2 Å². The van der Waals surface area contributed by atoms with Crippen LogP contribution in [-0.4, -0.2) is 19.6 Å². The second kappa shape index (κ2) is 8.45. The molecule has 0 spiro atoms. The number of hydrogen-bond acceptors (Lipinski definition) is 3. The fourth-order valence-electron chi connectivity index (χ4n) is 3.10. The van der Waals surface area contributed by atoms with Gasteiger partial charge in [0.15, 0.2) is 17.9 Å². The van der Waals surface area contributed by atoms with Crippen molar-refractivity contribution in [3.05, 3.63) is 53.6 Å². The van der Waals surface area contributed by atoms with Gasteiger partial charge in [0.1, 0.15) is 5.82 Å². The minimum atomic E-state index is -5.01. The average molecular weight is 402 g/mol. The van der Waals surface area contributed by atoms with E-state index < -0.39 is 30.0 Å². The normalized spacial score (nSPS) is 20.2. The molecule has 8 heteroatoms. The van der Waals surface area contributed by atoms with Gasteiger partial charge in [-0.2, -0.15) is 0 Å². The van der Waals surface area contributed by atoms with E-state index in [4.69, 9.17) is 9.47 Å². The Morgan fingerprint density at radius 3 is 2.29 bits per heavy atom. The summed E-state index contributed by atoms with van der Waals surface area (Å²) < 4.78 is 80.0. The molecule has 0 aliphatic carbocycles. The van der Waals surface area contributed by atoms with Crippen LogP contribution in [0.2, 0.25) is 0 Å². The summed E-state index contributed by atoms with van der Waals surface area (Å²) in [6.07, 6.45) is -3.68. The van der Waals surface area contributed by atoms with Crippen LogP contribution in [0.4, 0.5) is 22.0 Å². The molecule has 0 amide bonds. The Morgan fingerprint density at radius 2 is 1.71 bits per heavy atom. The molecule has 0 saturated carbocycles. The maximum absolute atomic E-state index is 14.5. The van der Waals surface area contributed by atoms with E-state index in [1.165, 1.54) is 12.1 Å². The molecule has 0 aromatic heterocycles. The number of ether oxygens (including phenoxy) is 3. The third kappa shape index (κ3) is 4.99. The Morgan fingerprint density at radius 1 is 1.00 bits per heavy atom. The maximum atomic E-state index is 14.5. The van der Waals surface area contributed by atoms with E-state index >= 15 is 0 Å². The first-order valence-electron chi connectivity index (χ1n) is 8.85. The summed E-state index contributed by atoms with van der Waals surface area (Å²) in [4.78, 5) is 0. The third-order valence-corrected chi connectivity index (χ3v) is 4.40. The highest BCUT2D eigenvalue weighted by Gasteiger charge is 2.32. The Labute approximate surface area is 159 Å². The van der Waals surface area contributed by atoms with Gasteiger partial charge in [0, 0.05) is 17.0 Å². The zero-order valence-electron chi connectivity index (χ0n) is 15.1. The first kappa shape index (κ1) is 20.5. The highest BCUT2D eigenvalue weighted by molar-refractivity contribution is 5.65. The first-order chi connectivity index (χ1) is 13.3. The van der Waals surface area contributed by atoms with Crippen molar-refractivity contribution in [3.63, 3.8) is 0 Å². The van der Waals surface area contributed by atoms with Crippen LogP contribution in [0.25, 0.3) is 11.1 Å². The molecule has 3 rings (SSSR count). The molecule has 152 valence electrons. The molecule has 1 aliphatic rings. The summed E-state index contributed by atoms with van der Waals surface area (Å²) in [5.74, 6) is -2.56. The number of halogens is 5. The summed E-state index contributed by atoms with van der Waals surface area (Å²) in [7, 11) is 0. The van der Waals surface area contributed by atoms with Crippen LogP contribution in [-0.2, 0) is 9.47 Å². The van der Waals surface area contributed by atoms with E-state index in [0.29, 0.717) is 24.7 Å². The van der Waals surface area contributed by atoms with E-state index in [2.05, 4.69) is 11.7 Å². The summed E-state index contributed by atoms with van der Waals surface area (Å²) in [5, 5.41) is 0. The highest BCUT2D eigenvalue weighted by Crippen LogP contribution is 2.33. The van der Waals surface area contributed by atoms with Gasteiger partial charge in [-0.1, -0.05) is 31.5 Å². The van der Waals surface area contributed by atoms with Crippen LogP contribution >= 0.6 is 0 Å². The summed E-state index contributed by atoms with van der Waals surface area (Å²) in [5.41, 5.74) is 0.610. The van der Waals surface area contributed by atoms with Crippen LogP contribution in [0.15, 0.2) is 36.4 Å². The molecule has 0 radical (unpaired) electrons. The Bertz CT molecular complexity index is 814. The van der Waals surface area contributed by atoms with E-state index in [-0.39, 0.29) is 11.1 Å². The lowest BCUT2D eigenvalue weighted by Crippen LogP contribution is -2.27. The second-order valence-electron chi connectivity index (χ2n) is 6.59. The molecule has 1 heterocycles. The van der Waals surface area contributed by atoms with Crippen molar-refractivity contribution in [2.75, 3.05) is 13.2 Å². The molecule has 2 aromatic carbocycles. The standard InChI is InChI=1S/C20H19F5O3/c1-2-3-12-10-26-19(27-11-12)14-4-6-15(16(21)9-14)13-5-7-18(17(22)8-13)28-20(23,24)25/h4-9,12,19H,2-3,10-11H2,1H3. The van der Waals surface area contributed by atoms with Crippen LogP contribution in [0.3, 0.4) is 0 Å². The molecule has 0 atom stereocenters. The van der Waals surface area contributed by atoms with Gasteiger partial charge in [-0.15, -0.1) is 13.2 Å². The molecular weight excluding hydrogens is 383 g/mol. The van der Waals surface area contributed by atoms with Crippen molar-refractivity contribution in [1.29, 1.82) is 0 Å². The minimum absolute atomic E-state index is 0.0425. The van der Waals surface area contributed by atoms with Crippen molar-refractivity contribution in [1.82, 2.24) is 0 Å². The summed E-state index contributed by atoms with van der Waals surface area (Å²) >= 11 is 0. The molecule has 0 bridgehead atoms. The Kier molecular flexibility index (Phi) is 6.20. The quantitative estimate of drug-likeness (QED) is 0.575. The Hall–Kier alpha value is -2.19. The van der Waals surface area contributed by atoms with Crippen LogP contribution in [0, 0.1) is 17.6 Å². The summed E-state index contributed by atoms with van der Waals surface area (Å²) in [6, 6.07) is 6.98. The van der Waals surface area contributed by atoms with Crippen LogP contribution < -0.4 is 4.74 Å². The van der Waals surface area contributed by atoms with Gasteiger partial charge < -0.3 is 14.2 Å². The fraction of sp³-hybridized carbons (Fsp3) is 0.400. The average Bonchev–Trinajstić information content (AvgIpc) is 2.63. The minimum Gasteiger partial charge on any atom is -0.403 e. The smallest absolute Gasteiger partial charge is 0.403 e. The number of alkyl halides is 3. The molecule has 2 aromatic rings. The van der Waals surface area contributed by atoms with Crippen LogP contribution in [0.1, 0.15) is 31.6 Å². The van der Waals surface area contributed by atoms with Crippen molar-refractivity contribution >= 4 is 0 Å². The number of hydrogen-bond donors (Lipinski definition) is 0. The predicted octanol–water partition coefficient (Wildman–Crippen LogP) is 5.99. The zero-order valence-corrected chi connectivity index (χ0v) is 15.1. The van der Waals surface area contributed by atoms with Gasteiger partial charge in [0.2, 0.25) is 0 Å². The molecule has 1 fully saturated rings. The lowest BCUT2D eigenvalue weighted by atomic mass is 10.0. The van der Waals surface area contributed by atoms with E-state index in [1.54, 1.807) is 6.07 Å². The van der Waals surface area contributed by atoms with E-state index in [1.807, 2.05) is 0 Å². The summed E-state index contributed by atoms with van der Waals surface area (Å²) in [6.45, 7) is 3.12. The highest BCUT2D eigenvalue weighted by atomic mass is 19.4. The monoisotopic (exact) mass is 402 g/mol. The number of benzene rings is 2. The third-order valence-electron chi connectivity index (χ3n) is 4.40. The molecule has 0 N–H and O–H groups in total. The molecule has 1 saturated heterocycles. The van der Waals surface area contributed by atoms with E-state index in [9.17, 15) is 22.0 Å². The molecule has 0 unspecified atom stereocenters. The van der Waals surface area contributed by atoms with Gasteiger partial charge in [-0.25, -0.2) is 8.78 Å². The van der Waals surface area contributed by atoms with Crippen molar-refractivity contribution < 1.29 is 36.2 Å². The van der Waals surface area contributed by atoms with Gasteiger partial charge in [-0.05, 0) is 30.2 Å². The zero-order chi connectivity index (χ0) is 20.3. The molecule has 1 aliphatic heterocycles. The molecule has 28 heavy (non-hydrogen) atoms. The van der Waals surface area contributed by atoms with Crippen molar-refractivity contribution in [3.8, 4) is 16.9 Å². The largest absolute Gasteiger partial charge is 0.573 e. The maximum Gasteiger partial charge on any atom is 0.573 e. The second-order valence-corrected chi connectivity index (χ2v) is 6.59. The van der Waals surface area contributed by atoms with Crippen molar-refractivity contribution in [2.45, 2.75) is 32.4 Å². The fourth-order valence-corrected chi connectivity index (χ4v) is 3.10. The first-order valence-corrected chi connectivity index (χ1v) is 8.85. The Balaban J connectivity index is 1.75. The SMILES string of the molecule is CCCC1COC(c2ccc(-c3ccc(OC(F)(F)F)c(F)c3)c(F)c2)OC1. The van der Waals surface area contributed by atoms with Crippen molar-refractivity contribution in [2.24, 2.45) is 5.92 Å². The van der Waals surface area contributed by atoms with Gasteiger partial charge in [-0.3, -0.25) is 0 Å². The lowest BCUT2D eigenvalue weighted by Gasteiger charge is -2.29. The predicted molar refractivity (Wildman–Crippen MR) is 91.5 cm³/mol. The topological polar surface area (TPSA) is 27.7 Å². The molecular formula is C20H19F5O3. The van der Waals surface area contributed by atoms with E-state index in [0.717, 1.165) is 31.0 Å². The number of rotatable bonds is 5. The van der Waals surface area contributed by atoms with Gasteiger partial charge in [0.25, 0.3) is 0 Å².